The molecule has 1 aromatic heterocycles. The number of hydrogen-bond donors (Lipinski definition) is 3. The lowest BCUT2D eigenvalue weighted by molar-refractivity contribution is 0.0696. The van der Waals surface area contributed by atoms with E-state index in [0.717, 1.165) is 0 Å². The monoisotopic (exact) mass is 306 g/mol. The normalized spacial score (nSPS) is 10.2. The second-order valence-corrected chi connectivity index (χ2v) is 4.72. The maximum atomic E-state index is 12.0. The fourth-order valence-corrected chi connectivity index (χ4v) is 1.95. The molecule has 0 atom stereocenters. The van der Waals surface area contributed by atoms with Gasteiger partial charge in [0, 0.05) is 17.4 Å². The lowest BCUT2D eigenvalue weighted by Gasteiger charge is -2.05. The summed E-state index contributed by atoms with van der Waals surface area (Å²) in [5.74, 6) is -1.76. The van der Waals surface area contributed by atoms with Crippen molar-refractivity contribution in [3.8, 4) is 0 Å². The number of amides is 1. The maximum absolute atomic E-state index is 12.0. The van der Waals surface area contributed by atoms with Gasteiger partial charge in [-0.3, -0.25) is 9.59 Å². The van der Waals surface area contributed by atoms with Crippen LogP contribution in [-0.2, 0) is 0 Å². The van der Waals surface area contributed by atoms with Gasteiger partial charge in [0.1, 0.15) is 5.69 Å². The molecule has 0 aliphatic heterocycles. The highest BCUT2D eigenvalue weighted by Crippen LogP contribution is 2.21. The summed E-state index contributed by atoms with van der Waals surface area (Å²) in [6.07, 6.45) is 1.44. The van der Waals surface area contributed by atoms with E-state index in [0.29, 0.717) is 11.3 Å². The fraction of sp³-hybridized carbons (Fsp3) is 0.0714. The van der Waals surface area contributed by atoms with Gasteiger partial charge in [-0.2, -0.15) is 0 Å². The quantitative estimate of drug-likeness (QED) is 0.756. The largest absolute Gasteiger partial charge is 0.478 e. The van der Waals surface area contributed by atoms with E-state index in [-0.39, 0.29) is 22.1 Å². The summed E-state index contributed by atoms with van der Waals surface area (Å²) in [7, 11) is 0. The third-order valence-electron chi connectivity index (χ3n) is 2.79. The zero-order valence-electron chi connectivity index (χ0n) is 10.9. The first kappa shape index (κ1) is 14.8. The van der Waals surface area contributed by atoms with Crippen LogP contribution in [-0.4, -0.2) is 27.8 Å². The Hall–Kier alpha value is -2.60. The summed E-state index contributed by atoms with van der Waals surface area (Å²) in [4.78, 5) is 36.7. The molecule has 0 radical (unpaired) electrons. The number of ketones is 1. The predicted molar refractivity (Wildman–Crippen MR) is 77.2 cm³/mol. The van der Waals surface area contributed by atoms with Gasteiger partial charge in [-0.1, -0.05) is 11.6 Å². The lowest BCUT2D eigenvalue weighted by Crippen LogP contribution is -2.12. The minimum absolute atomic E-state index is 0.0243. The van der Waals surface area contributed by atoms with E-state index in [1.165, 1.54) is 37.4 Å². The van der Waals surface area contributed by atoms with Crippen LogP contribution >= 0.6 is 11.6 Å². The summed E-state index contributed by atoms with van der Waals surface area (Å²) in [5.41, 5.74) is 0.931. The van der Waals surface area contributed by atoms with Gasteiger partial charge in [0.05, 0.1) is 10.6 Å². The third kappa shape index (κ3) is 3.29. The molecule has 21 heavy (non-hydrogen) atoms. The Kier molecular flexibility index (Phi) is 4.09. The first-order valence-electron chi connectivity index (χ1n) is 5.92. The molecule has 0 unspecified atom stereocenters. The summed E-state index contributed by atoms with van der Waals surface area (Å²) in [6, 6.07) is 5.51. The van der Waals surface area contributed by atoms with Crippen LogP contribution in [0.25, 0.3) is 0 Å². The molecular formula is C14H11ClN2O4. The van der Waals surface area contributed by atoms with Crippen LogP contribution in [0.1, 0.15) is 38.1 Å². The van der Waals surface area contributed by atoms with Crippen molar-refractivity contribution in [1.82, 2.24) is 4.98 Å². The second-order valence-electron chi connectivity index (χ2n) is 4.31. The van der Waals surface area contributed by atoms with Crippen LogP contribution in [0, 0.1) is 0 Å². The van der Waals surface area contributed by atoms with E-state index >= 15 is 0 Å². The van der Waals surface area contributed by atoms with Crippen molar-refractivity contribution in [2.24, 2.45) is 0 Å². The number of carboxylic acids is 1. The minimum atomic E-state index is -1.15. The number of nitrogens with one attached hydrogen (secondary N) is 2. The topological polar surface area (TPSA) is 99.3 Å². The highest BCUT2D eigenvalue weighted by Gasteiger charge is 2.13. The number of aromatic nitrogens is 1. The number of benzene rings is 1. The van der Waals surface area contributed by atoms with E-state index in [9.17, 15) is 14.4 Å². The molecule has 108 valence electrons. The van der Waals surface area contributed by atoms with Crippen LogP contribution in [0.2, 0.25) is 5.02 Å². The van der Waals surface area contributed by atoms with Gasteiger partial charge >= 0.3 is 5.97 Å². The molecule has 1 aromatic carbocycles. The summed E-state index contributed by atoms with van der Waals surface area (Å²) in [6.45, 7) is 1.40. The number of carbonyl (C=O) groups is 3. The van der Waals surface area contributed by atoms with Crippen molar-refractivity contribution in [2.45, 2.75) is 6.92 Å². The number of hydrogen-bond acceptors (Lipinski definition) is 3. The van der Waals surface area contributed by atoms with E-state index in [1.54, 1.807) is 0 Å². The Balaban J connectivity index is 2.17. The smallest absolute Gasteiger partial charge is 0.337 e. The van der Waals surface area contributed by atoms with Gasteiger partial charge in [-0.05, 0) is 31.2 Å². The molecule has 0 bridgehead atoms. The Bertz CT molecular complexity index is 736. The highest BCUT2D eigenvalue weighted by atomic mass is 35.5. The Morgan fingerprint density at radius 3 is 2.48 bits per heavy atom. The minimum Gasteiger partial charge on any atom is -0.478 e. The summed E-state index contributed by atoms with van der Waals surface area (Å²) in [5, 5.41) is 11.4. The zero-order chi connectivity index (χ0) is 15.6. The van der Waals surface area contributed by atoms with Crippen LogP contribution < -0.4 is 5.32 Å². The van der Waals surface area contributed by atoms with Crippen molar-refractivity contribution in [1.29, 1.82) is 0 Å². The van der Waals surface area contributed by atoms with Crippen LogP contribution in [0.4, 0.5) is 5.69 Å². The molecule has 1 heterocycles. The van der Waals surface area contributed by atoms with Crippen molar-refractivity contribution >= 4 is 34.9 Å². The number of halogens is 1. The Morgan fingerprint density at radius 1 is 1.24 bits per heavy atom. The number of H-pyrrole nitrogens is 1. The molecule has 6 nitrogen and oxygen atoms in total. The standard InChI is InChI=1S/C14H11ClN2O4/c1-7(18)8-4-12(16-6-8)13(19)17-9-2-3-10(14(20)21)11(15)5-9/h2-6,16H,1H3,(H,17,19)(H,20,21). The number of rotatable bonds is 4. The number of anilines is 1. The number of carbonyl (C=O) groups excluding carboxylic acids is 2. The first-order chi connectivity index (χ1) is 9.88. The van der Waals surface area contributed by atoms with Crippen molar-refractivity contribution in [3.63, 3.8) is 0 Å². The maximum Gasteiger partial charge on any atom is 0.337 e. The molecule has 0 fully saturated rings. The number of aromatic amines is 1. The zero-order valence-corrected chi connectivity index (χ0v) is 11.7. The molecule has 3 N–H and O–H groups in total. The molecule has 0 saturated heterocycles. The lowest BCUT2D eigenvalue weighted by atomic mass is 10.2. The molecule has 2 aromatic rings. The van der Waals surface area contributed by atoms with Gasteiger partial charge in [0.2, 0.25) is 0 Å². The number of Topliss-reactive ketones (excluding diaryl/α,β-unsaturated/α-hetero) is 1. The van der Waals surface area contributed by atoms with Gasteiger partial charge < -0.3 is 15.4 Å². The van der Waals surface area contributed by atoms with Gasteiger partial charge in [0.25, 0.3) is 5.91 Å². The van der Waals surface area contributed by atoms with Gasteiger partial charge in [0.15, 0.2) is 5.78 Å². The molecule has 0 aliphatic carbocycles. The molecule has 1 amide bonds. The van der Waals surface area contributed by atoms with Gasteiger partial charge in [-0.25, -0.2) is 4.79 Å². The molecular weight excluding hydrogens is 296 g/mol. The third-order valence-corrected chi connectivity index (χ3v) is 3.10. The second kappa shape index (κ2) is 5.80. The van der Waals surface area contributed by atoms with E-state index in [2.05, 4.69) is 10.3 Å². The average Bonchev–Trinajstić information content (AvgIpc) is 2.88. The fourth-order valence-electron chi connectivity index (χ4n) is 1.69. The first-order valence-corrected chi connectivity index (χ1v) is 6.30. The van der Waals surface area contributed by atoms with Crippen molar-refractivity contribution < 1.29 is 19.5 Å². The SMILES string of the molecule is CC(=O)c1c[nH]c(C(=O)Nc2ccc(C(=O)O)c(Cl)c2)c1. The molecule has 0 spiro atoms. The summed E-state index contributed by atoms with van der Waals surface area (Å²) >= 11 is 5.81. The van der Waals surface area contributed by atoms with E-state index in [1.807, 2.05) is 0 Å². The molecule has 2 rings (SSSR count). The molecule has 7 heteroatoms. The number of carboxylic acid groups (broad SMARTS) is 1. The Labute approximate surface area is 124 Å². The molecule has 0 aliphatic rings. The van der Waals surface area contributed by atoms with Crippen LogP contribution in [0.5, 0.6) is 0 Å². The average molecular weight is 307 g/mol. The number of aromatic carboxylic acids is 1. The van der Waals surface area contributed by atoms with Crippen molar-refractivity contribution in [2.75, 3.05) is 5.32 Å². The molecule has 0 saturated carbocycles. The highest BCUT2D eigenvalue weighted by molar-refractivity contribution is 6.33. The van der Waals surface area contributed by atoms with Gasteiger partial charge in [-0.15, -0.1) is 0 Å². The Morgan fingerprint density at radius 2 is 1.95 bits per heavy atom. The van der Waals surface area contributed by atoms with Crippen LogP contribution in [0.15, 0.2) is 30.5 Å². The van der Waals surface area contributed by atoms with E-state index in [4.69, 9.17) is 16.7 Å². The van der Waals surface area contributed by atoms with E-state index < -0.39 is 11.9 Å². The summed E-state index contributed by atoms with van der Waals surface area (Å²) < 4.78 is 0. The predicted octanol–water partition coefficient (Wildman–Crippen LogP) is 2.82. The van der Waals surface area contributed by atoms with Crippen LogP contribution in [0.3, 0.4) is 0 Å². The van der Waals surface area contributed by atoms with Crippen molar-refractivity contribution in [3.05, 3.63) is 52.3 Å².